The number of nitrogens with zero attached hydrogens (tertiary/aromatic N) is 2. The van der Waals surface area contributed by atoms with Crippen LogP contribution in [0.2, 0.25) is 0 Å². The summed E-state index contributed by atoms with van der Waals surface area (Å²) in [7, 11) is -1.04. The highest BCUT2D eigenvalue weighted by molar-refractivity contribution is 7.88. The number of rotatable bonds is 5. The summed E-state index contributed by atoms with van der Waals surface area (Å²) in [6.07, 6.45) is 3.43. The zero-order chi connectivity index (χ0) is 13.1. The molecule has 0 aliphatic carbocycles. The Bertz CT molecular complexity index is 324. The Hall–Kier alpha value is -0.170. The molecule has 102 valence electrons. The highest BCUT2D eigenvalue weighted by Gasteiger charge is 2.27. The number of hydrogen-bond donors (Lipinski definition) is 1. The van der Waals surface area contributed by atoms with Gasteiger partial charge >= 0.3 is 0 Å². The molecule has 6 heteroatoms. The van der Waals surface area contributed by atoms with E-state index in [1.165, 1.54) is 10.6 Å². The van der Waals surface area contributed by atoms with Crippen molar-refractivity contribution in [3.63, 3.8) is 0 Å². The van der Waals surface area contributed by atoms with Crippen LogP contribution in [-0.2, 0) is 10.0 Å². The Kier molecular flexibility index (Phi) is 5.37. The summed E-state index contributed by atoms with van der Waals surface area (Å²) >= 11 is 0. The van der Waals surface area contributed by atoms with Gasteiger partial charge in [-0.25, -0.2) is 12.7 Å². The maximum Gasteiger partial charge on any atom is 0.211 e. The van der Waals surface area contributed by atoms with Gasteiger partial charge in [0.15, 0.2) is 0 Å². The molecule has 0 amide bonds. The van der Waals surface area contributed by atoms with E-state index in [4.69, 9.17) is 0 Å². The van der Waals surface area contributed by atoms with Crippen LogP contribution in [0.1, 0.15) is 26.2 Å². The first kappa shape index (κ1) is 14.9. The number of piperidine rings is 1. The zero-order valence-electron chi connectivity index (χ0n) is 11.0. The molecule has 1 rings (SSSR count). The van der Waals surface area contributed by atoms with Crippen LogP contribution in [0.25, 0.3) is 0 Å². The van der Waals surface area contributed by atoms with Gasteiger partial charge in [-0.05, 0) is 26.3 Å². The van der Waals surface area contributed by atoms with Gasteiger partial charge in [0.1, 0.15) is 0 Å². The van der Waals surface area contributed by atoms with Gasteiger partial charge in [0.05, 0.1) is 12.4 Å². The van der Waals surface area contributed by atoms with Crippen LogP contribution in [0.3, 0.4) is 0 Å². The summed E-state index contributed by atoms with van der Waals surface area (Å²) in [5, 5.41) is 9.59. The predicted molar refractivity (Wildman–Crippen MR) is 68.4 cm³/mol. The molecule has 0 aromatic carbocycles. The van der Waals surface area contributed by atoms with Crippen molar-refractivity contribution in [2.24, 2.45) is 0 Å². The first-order valence-corrected chi connectivity index (χ1v) is 8.02. The third-order valence-corrected chi connectivity index (χ3v) is 4.79. The summed E-state index contributed by atoms with van der Waals surface area (Å²) in [4.78, 5) is 2.15. The number of aliphatic hydroxyl groups is 1. The molecule has 0 radical (unpaired) electrons. The SMILES string of the molecule is CC[C@@H](O)CN(C)C1CCN(S(C)(=O)=O)CC1. The fourth-order valence-corrected chi connectivity index (χ4v) is 3.10. The highest BCUT2D eigenvalue weighted by Crippen LogP contribution is 2.17. The lowest BCUT2D eigenvalue weighted by Crippen LogP contribution is -2.46. The first-order valence-electron chi connectivity index (χ1n) is 6.18. The maximum absolute atomic E-state index is 11.4. The fourth-order valence-electron chi connectivity index (χ4n) is 2.23. The van der Waals surface area contributed by atoms with E-state index in [-0.39, 0.29) is 6.10 Å². The molecule has 5 nitrogen and oxygen atoms in total. The second-order valence-corrected chi connectivity index (χ2v) is 6.88. The lowest BCUT2D eigenvalue weighted by molar-refractivity contribution is 0.0838. The number of aliphatic hydroxyl groups excluding tert-OH is 1. The van der Waals surface area contributed by atoms with E-state index < -0.39 is 10.0 Å². The Labute approximate surface area is 104 Å². The maximum atomic E-state index is 11.4. The molecular formula is C11H24N2O3S. The second-order valence-electron chi connectivity index (χ2n) is 4.89. The molecule has 0 spiro atoms. The number of sulfonamides is 1. The topological polar surface area (TPSA) is 60.9 Å². The average Bonchev–Trinajstić information content (AvgIpc) is 2.27. The summed E-state index contributed by atoms with van der Waals surface area (Å²) in [5.74, 6) is 0. The van der Waals surface area contributed by atoms with Gasteiger partial charge in [-0.3, -0.25) is 0 Å². The third kappa shape index (κ3) is 4.54. The molecule has 1 aliphatic rings. The molecule has 1 heterocycles. The van der Waals surface area contributed by atoms with E-state index in [0.29, 0.717) is 25.7 Å². The van der Waals surface area contributed by atoms with Gasteiger partial charge in [0, 0.05) is 25.7 Å². The lowest BCUT2D eigenvalue weighted by atomic mass is 10.0. The van der Waals surface area contributed by atoms with Crippen molar-refractivity contribution in [3.8, 4) is 0 Å². The van der Waals surface area contributed by atoms with Crippen molar-refractivity contribution >= 4 is 10.0 Å². The molecule has 1 fully saturated rings. The smallest absolute Gasteiger partial charge is 0.211 e. The number of likely N-dealkylation sites (N-methyl/N-ethyl adjacent to an activating group) is 1. The van der Waals surface area contributed by atoms with Crippen molar-refractivity contribution in [1.82, 2.24) is 9.21 Å². The molecule has 0 unspecified atom stereocenters. The van der Waals surface area contributed by atoms with E-state index in [2.05, 4.69) is 4.90 Å². The molecular weight excluding hydrogens is 240 g/mol. The van der Waals surface area contributed by atoms with Gasteiger partial charge in [0.25, 0.3) is 0 Å². The molecule has 1 N–H and O–H groups in total. The van der Waals surface area contributed by atoms with Crippen LogP contribution >= 0.6 is 0 Å². The molecule has 0 aromatic heterocycles. The fraction of sp³-hybridized carbons (Fsp3) is 1.00. The molecule has 0 saturated carbocycles. The van der Waals surface area contributed by atoms with Crippen molar-refractivity contribution in [1.29, 1.82) is 0 Å². The Balaban J connectivity index is 2.41. The standard InChI is InChI=1S/C11H24N2O3S/c1-4-11(14)9-12(2)10-5-7-13(8-6-10)17(3,15)16/h10-11,14H,4-9H2,1-3H3/t11-/m1/s1. The zero-order valence-corrected chi connectivity index (χ0v) is 11.8. The Morgan fingerprint density at radius 2 is 1.94 bits per heavy atom. The Morgan fingerprint density at radius 3 is 2.35 bits per heavy atom. The largest absolute Gasteiger partial charge is 0.392 e. The molecule has 1 atom stereocenters. The third-order valence-electron chi connectivity index (χ3n) is 3.49. The average molecular weight is 264 g/mol. The van der Waals surface area contributed by atoms with Crippen LogP contribution < -0.4 is 0 Å². The van der Waals surface area contributed by atoms with E-state index in [1.807, 2.05) is 14.0 Å². The van der Waals surface area contributed by atoms with Gasteiger partial charge < -0.3 is 10.0 Å². The second kappa shape index (κ2) is 6.13. The van der Waals surface area contributed by atoms with Gasteiger partial charge in [-0.2, -0.15) is 0 Å². The summed E-state index contributed by atoms with van der Waals surface area (Å²) < 4.78 is 24.3. The Morgan fingerprint density at radius 1 is 1.41 bits per heavy atom. The van der Waals surface area contributed by atoms with Crippen LogP contribution in [0, 0.1) is 0 Å². The van der Waals surface area contributed by atoms with Crippen molar-refractivity contribution in [3.05, 3.63) is 0 Å². The number of hydrogen-bond acceptors (Lipinski definition) is 4. The van der Waals surface area contributed by atoms with Crippen LogP contribution in [0.4, 0.5) is 0 Å². The minimum absolute atomic E-state index is 0.284. The quantitative estimate of drug-likeness (QED) is 0.766. The van der Waals surface area contributed by atoms with Crippen molar-refractivity contribution in [2.75, 3.05) is 32.9 Å². The van der Waals surface area contributed by atoms with Crippen LogP contribution in [-0.4, -0.2) is 67.8 Å². The molecule has 17 heavy (non-hydrogen) atoms. The van der Waals surface area contributed by atoms with E-state index in [1.54, 1.807) is 0 Å². The first-order chi connectivity index (χ1) is 7.84. The van der Waals surface area contributed by atoms with Gasteiger partial charge in [0.2, 0.25) is 10.0 Å². The van der Waals surface area contributed by atoms with Crippen molar-refractivity contribution in [2.45, 2.75) is 38.3 Å². The molecule has 0 bridgehead atoms. The van der Waals surface area contributed by atoms with E-state index >= 15 is 0 Å². The van der Waals surface area contributed by atoms with E-state index in [9.17, 15) is 13.5 Å². The van der Waals surface area contributed by atoms with Gasteiger partial charge in [-0.1, -0.05) is 6.92 Å². The minimum Gasteiger partial charge on any atom is -0.392 e. The minimum atomic E-state index is -3.04. The molecule has 0 aromatic rings. The molecule has 1 saturated heterocycles. The van der Waals surface area contributed by atoms with Crippen LogP contribution in [0.5, 0.6) is 0 Å². The predicted octanol–water partition coefficient (Wildman–Crippen LogP) is 0.113. The summed E-state index contributed by atoms with van der Waals surface area (Å²) in [6.45, 7) is 3.82. The van der Waals surface area contributed by atoms with Gasteiger partial charge in [-0.15, -0.1) is 0 Å². The van der Waals surface area contributed by atoms with E-state index in [0.717, 1.165) is 19.3 Å². The normalized spacial score (nSPS) is 21.9. The highest BCUT2D eigenvalue weighted by atomic mass is 32.2. The van der Waals surface area contributed by atoms with Crippen LogP contribution in [0.15, 0.2) is 0 Å². The lowest BCUT2D eigenvalue weighted by Gasteiger charge is -2.36. The monoisotopic (exact) mass is 264 g/mol. The summed E-state index contributed by atoms with van der Waals surface area (Å²) in [5.41, 5.74) is 0. The van der Waals surface area contributed by atoms with Crippen molar-refractivity contribution < 1.29 is 13.5 Å². The molecule has 1 aliphatic heterocycles. The summed E-state index contributed by atoms with van der Waals surface area (Å²) in [6, 6.07) is 0.384.